The van der Waals surface area contributed by atoms with Gasteiger partial charge >= 0.3 is 0 Å². The van der Waals surface area contributed by atoms with E-state index < -0.39 is 10.9 Å². The van der Waals surface area contributed by atoms with Gasteiger partial charge in [0.05, 0.1) is 9.82 Å². The van der Waals surface area contributed by atoms with E-state index in [1.807, 2.05) is 0 Å². The highest BCUT2D eigenvalue weighted by atomic mass is 32.2. The molecule has 0 bridgehead atoms. The standard InChI is InChI=1S/C11H7FN2O2S/c12-11-7-8(5-6-13-11)17-10-4-2-1-3-9(10)14(15)16/h1-7H. The number of nitrogens with zero attached hydrogens (tertiary/aromatic N) is 2. The molecule has 0 radical (unpaired) electrons. The van der Waals surface area contributed by atoms with E-state index in [1.54, 1.807) is 24.3 Å². The molecular formula is C11H7FN2O2S. The van der Waals surface area contributed by atoms with Gasteiger partial charge in [-0.05, 0) is 12.1 Å². The van der Waals surface area contributed by atoms with Crippen LogP contribution in [0.3, 0.4) is 0 Å². The maximum atomic E-state index is 12.9. The van der Waals surface area contributed by atoms with Crippen LogP contribution >= 0.6 is 11.8 Å². The largest absolute Gasteiger partial charge is 0.283 e. The lowest BCUT2D eigenvalue weighted by atomic mass is 10.3. The second-order valence-electron chi connectivity index (χ2n) is 3.14. The van der Waals surface area contributed by atoms with Crippen molar-refractivity contribution in [3.8, 4) is 0 Å². The van der Waals surface area contributed by atoms with Crippen molar-refractivity contribution in [3.05, 3.63) is 58.7 Å². The number of nitro benzene ring substituents is 1. The maximum Gasteiger partial charge on any atom is 0.283 e. The summed E-state index contributed by atoms with van der Waals surface area (Å²) in [6.07, 6.45) is 1.33. The number of para-hydroxylation sites is 1. The molecule has 6 heteroatoms. The van der Waals surface area contributed by atoms with Crippen LogP contribution in [0.25, 0.3) is 0 Å². The van der Waals surface area contributed by atoms with Crippen molar-refractivity contribution in [1.82, 2.24) is 4.98 Å². The zero-order chi connectivity index (χ0) is 12.3. The van der Waals surface area contributed by atoms with Crippen molar-refractivity contribution in [3.63, 3.8) is 0 Å². The Balaban J connectivity index is 2.33. The second kappa shape index (κ2) is 4.92. The second-order valence-corrected chi connectivity index (χ2v) is 4.26. The van der Waals surface area contributed by atoms with E-state index in [-0.39, 0.29) is 5.69 Å². The summed E-state index contributed by atoms with van der Waals surface area (Å²) in [4.78, 5) is 14.8. The summed E-state index contributed by atoms with van der Waals surface area (Å²) in [5.41, 5.74) is 0.00900. The zero-order valence-corrected chi connectivity index (χ0v) is 9.36. The fraction of sp³-hybridized carbons (Fsp3) is 0. The molecule has 0 saturated heterocycles. The van der Waals surface area contributed by atoms with Gasteiger partial charge in [-0.25, -0.2) is 4.98 Å². The predicted octanol–water partition coefficient (Wildman–Crippen LogP) is 3.28. The third-order valence-electron chi connectivity index (χ3n) is 1.99. The maximum absolute atomic E-state index is 12.9. The highest BCUT2D eigenvalue weighted by Crippen LogP contribution is 2.34. The van der Waals surface area contributed by atoms with Gasteiger partial charge in [-0.3, -0.25) is 10.1 Å². The van der Waals surface area contributed by atoms with Gasteiger partial charge in [0.15, 0.2) is 0 Å². The molecule has 86 valence electrons. The molecule has 0 unspecified atom stereocenters. The molecule has 0 atom stereocenters. The van der Waals surface area contributed by atoms with Crippen molar-refractivity contribution in [1.29, 1.82) is 0 Å². The Bertz CT molecular complexity index is 563. The minimum Gasteiger partial charge on any atom is -0.258 e. The summed E-state index contributed by atoms with van der Waals surface area (Å²) in [6.45, 7) is 0. The summed E-state index contributed by atoms with van der Waals surface area (Å²) in [6, 6.07) is 9.18. The minimum atomic E-state index is -0.603. The van der Waals surface area contributed by atoms with Crippen LogP contribution in [0.1, 0.15) is 0 Å². The van der Waals surface area contributed by atoms with Crippen molar-refractivity contribution in [2.45, 2.75) is 9.79 Å². The lowest BCUT2D eigenvalue weighted by molar-refractivity contribution is -0.387. The van der Waals surface area contributed by atoms with Gasteiger partial charge in [0.25, 0.3) is 5.69 Å². The first-order valence-electron chi connectivity index (χ1n) is 4.69. The Morgan fingerprint density at radius 1 is 1.29 bits per heavy atom. The Morgan fingerprint density at radius 2 is 2.06 bits per heavy atom. The van der Waals surface area contributed by atoms with E-state index in [2.05, 4.69) is 4.98 Å². The fourth-order valence-electron chi connectivity index (χ4n) is 1.27. The summed E-state index contributed by atoms with van der Waals surface area (Å²) in [5, 5.41) is 10.8. The van der Waals surface area contributed by atoms with E-state index in [0.717, 1.165) is 11.8 Å². The van der Waals surface area contributed by atoms with Crippen molar-refractivity contribution < 1.29 is 9.31 Å². The molecule has 0 fully saturated rings. The van der Waals surface area contributed by atoms with Crippen LogP contribution in [0.15, 0.2) is 52.4 Å². The Kier molecular flexibility index (Phi) is 3.34. The molecule has 0 aliphatic carbocycles. The Labute approximate surface area is 101 Å². The molecule has 2 rings (SSSR count). The first-order chi connectivity index (χ1) is 8.16. The number of hydrogen-bond acceptors (Lipinski definition) is 4. The first-order valence-corrected chi connectivity index (χ1v) is 5.51. The number of aromatic nitrogens is 1. The van der Waals surface area contributed by atoms with Crippen LogP contribution in [0, 0.1) is 16.1 Å². The molecule has 0 N–H and O–H groups in total. The molecule has 0 spiro atoms. The molecule has 0 aliphatic heterocycles. The van der Waals surface area contributed by atoms with Crippen molar-refractivity contribution in [2.24, 2.45) is 0 Å². The Morgan fingerprint density at radius 3 is 2.76 bits per heavy atom. The lowest BCUT2D eigenvalue weighted by Crippen LogP contribution is -1.90. The third-order valence-corrected chi connectivity index (χ3v) is 3.04. The molecule has 1 aromatic carbocycles. The van der Waals surface area contributed by atoms with Crippen molar-refractivity contribution >= 4 is 17.4 Å². The molecule has 0 amide bonds. The highest BCUT2D eigenvalue weighted by molar-refractivity contribution is 7.99. The van der Waals surface area contributed by atoms with Crippen LogP contribution in [0.2, 0.25) is 0 Å². The van der Waals surface area contributed by atoms with Crippen LogP contribution in [0.5, 0.6) is 0 Å². The number of rotatable bonds is 3. The molecule has 4 nitrogen and oxygen atoms in total. The molecule has 2 aromatic rings. The van der Waals surface area contributed by atoms with Crippen LogP contribution in [-0.2, 0) is 0 Å². The average molecular weight is 250 g/mol. The quantitative estimate of drug-likeness (QED) is 0.476. The van der Waals surface area contributed by atoms with Crippen LogP contribution < -0.4 is 0 Å². The summed E-state index contributed by atoms with van der Waals surface area (Å²) in [7, 11) is 0. The monoisotopic (exact) mass is 250 g/mol. The SMILES string of the molecule is O=[N+]([O-])c1ccccc1Sc1ccnc(F)c1. The number of benzene rings is 1. The van der Waals surface area contributed by atoms with Gasteiger partial charge in [-0.1, -0.05) is 23.9 Å². The smallest absolute Gasteiger partial charge is 0.258 e. The van der Waals surface area contributed by atoms with Crippen molar-refractivity contribution in [2.75, 3.05) is 0 Å². The molecular weight excluding hydrogens is 243 g/mol. The summed E-state index contributed by atoms with van der Waals surface area (Å²) >= 11 is 1.14. The molecule has 17 heavy (non-hydrogen) atoms. The summed E-state index contributed by atoms with van der Waals surface area (Å²) < 4.78 is 12.9. The number of pyridine rings is 1. The van der Waals surface area contributed by atoms with E-state index in [9.17, 15) is 14.5 Å². The molecule has 1 heterocycles. The number of halogens is 1. The van der Waals surface area contributed by atoms with Gasteiger partial charge in [0.2, 0.25) is 5.95 Å². The number of hydrogen-bond donors (Lipinski definition) is 0. The van der Waals surface area contributed by atoms with Crippen LogP contribution in [0.4, 0.5) is 10.1 Å². The Hall–Kier alpha value is -1.95. The van der Waals surface area contributed by atoms with Gasteiger partial charge in [0, 0.05) is 23.2 Å². The van der Waals surface area contributed by atoms with E-state index >= 15 is 0 Å². The van der Waals surface area contributed by atoms with E-state index in [1.165, 1.54) is 18.3 Å². The van der Waals surface area contributed by atoms with Gasteiger partial charge < -0.3 is 0 Å². The van der Waals surface area contributed by atoms with Gasteiger partial charge in [-0.2, -0.15) is 4.39 Å². The zero-order valence-electron chi connectivity index (χ0n) is 8.54. The average Bonchev–Trinajstić information content (AvgIpc) is 2.29. The predicted molar refractivity (Wildman–Crippen MR) is 61.4 cm³/mol. The molecule has 0 saturated carbocycles. The summed E-state index contributed by atoms with van der Waals surface area (Å²) in [5.74, 6) is -0.603. The van der Waals surface area contributed by atoms with Gasteiger partial charge in [0.1, 0.15) is 0 Å². The lowest BCUT2D eigenvalue weighted by Gasteiger charge is -2.02. The normalized spacial score (nSPS) is 10.2. The van der Waals surface area contributed by atoms with E-state index in [4.69, 9.17) is 0 Å². The number of nitro groups is 1. The minimum absolute atomic E-state index is 0.00900. The van der Waals surface area contributed by atoms with Crippen LogP contribution in [-0.4, -0.2) is 9.91 Å². The molecule has 0 aliphatic rings. The fourth-order valence-corrected chi connectivity index (χ4v) is 2.20. The topological polar surface area (TPSA) is 56.0 Å². The molecule has 1 aromatic heterocycles. The third kappa shape index (κ3) is 2.79. The van der Waals surface area contributed by atoms with Gasteiger partial charge in [-0.15, -0.1) is 0 Å². The first kappa shape index (κ1) is 11.5. The highest BCUT2D eigenvalue weighted by Gasteiger charge is 2.13. The van der Waals surface area contributed by atoms with E-state index in [0.29, 0.717) is 9.79 Å².